The standard InChI is InChI=1S/C20H26N2O2/c1-2-24-19-10-9-18-20(22-19)17(11-13-21-18)8-7-15-3-5-16(6-4-15)12-14-23/h7-11,13,15-16,23H,2-6,12,14H2,1H3/b8-7+/t15-,16-. The molecule has 128 valence electrons. The second-order valence-electron chi connectivity index (χ2n) is 6.50. The molecule has 1 fully saturated rings. The molecule has 0 radical (unpaired) electrons. The van der Waals surface area contributed by atoms with Gasteiger partial charge in [-0.25, -0.2) is 4.98 Å². The van der Waals surface area contributed by atoms with Gasteiger partial charge in [0, 0.05) is 24.4 Å². The average Bonchev–Trinajstić information content (AvgIpc) is 2.62. The van der Waals surface area contributed by atoms with Gasteiger partial charge in [-0.15, -0.1) is 0 Å². The lowest BCUT2D eigenvalue weighted by Gasteiger charge is -2.26. The highest BCUT2D eigenvalue weighted by Gasteiger charge is 2.18. The first-order chi connectivity index (χ1) is 11.8. The first kappa shape index (κ1) is 16.9. The number of pyridine rings is 2. The van der Waals surface area contributed by atoms with Gasteiger partial charge in [0.05, 0.1) is 17.6 Å². The molecule has 1 aliphatic carbocycles. The lowest BCUT2D eigenvalue weighted by atomic mass is 9.80. The van der Waals surface area contributed by atoms with Gasteiger partial charge in [-0.05, 0) is 63.0 Å². The Hall–Kier alpha value is -1.94. The van der Waals surface area contributed by atoms with E-state index in [4.69, 9.17) is 9.84 Å². The molecule has 3 rings (SSSR count). The van der Waals surface area contributed by atoms with Crippen LogP contribution in [0, 0.1) is 11.8 Å². The molecule has 4 heteroatoms. The third kappa shape index (κ3) is 4.12. The minimum atomic E-state index is 0.321. The van der Waals surface area contributed by atoms with Gasteiger partial charge < -0.3 is 9.84 Å². The van der Waals surface area contributed by atoms with Crippen LogP contribution >= 0.6 is 0 Å². The monoisotopic (exact) mass is 326 g/mol. The molecule has 0 aliphatic heterocycles. The zero-order valence-corrected chi connectivity index (χ0v) is 14.3. The van der Waals surface area contributed by atoms with Crippen molar-refractivity contribution in [2.45, 2.75) is 39.0 Å². The molecule has 4 nitrogen and oxygen atoms in total. The molecule has 0 unspecified atom stereocenters. The molecule has 0 amide bonds. The fourth-order valence-corrected chi connectivity index (χ4v) is 3.48. The molecule has 1 aliphatic rings. The third-order valence-electron chi connectivity index (χ3n) is 4.86. The summed E-state index contributed by atoms with van der Waals surface area (Å²) in [5.41, 5.74) is 2.89. The lowest BCUT2D eigenvalue weighted by molar-refractivity contribution is 0.218. The number of ether oxygens (including phenoxy) is 1. The van der Waals surface area contributed by atoms with Gasteiger partial charge in [0.25, 0.3) is 0 Å². The molecule has 0 aromatic carbocycles. The summed E-state index contributed by atoms with van der Waals surface area (Å²) in [7, 11) is 0. The number of hydrogen-bond acceptors (Lipinski definition) is 4. The highest BCUT2D eigenvalue weighted by atomic mass is 16.5. The average molecular weight is 326 g/mol. The number of nitrogens with zero attached hydrogens (tertiary/aromatic N) is 2. The van der Waals surface area contributed by atoms with Gasteiger partial charge in [-0.1, -0.05) is 12.2 Å². The van der Waals surface area contributed by atoms with Crippen molar-refractivity contribution in [2.24, 2.45) is 11.8 Å². The minimum Gasteiger partial charge on any atom is -0.478 e. The predicted molar refractivity (Wildman–Crippen MR) is 96.9 cm³/mol. The Balaban J connectivity index is 1.73. The fraction of sp³-hybridized carbons (Fsp3) is 0.500. The number of aliphatic hydroxyl groups excluding tert-OH is 1. The summed E-state index contributed by atoms with van der Waals surface area (Å²) in [6.07, 6.45) is 12.2. The second-order valence-corrected chi connectivity index (χ2v) is 6.50. The molecule has 2 aromatic rings. The zero-order chi connectivity index (χ0) is 16.8. The van der Waals surface area contributed by atoms with Crippen LogP contribution in [0.5, 0.6) is 5.88 Å². The van der Waals surface area contributed by atoms with E-state index < -0.39 is 0 Å². The smallest absolute Gasteiger partial charge is 0.213 e. The zero-order valence-electron chi connectivity index (χ0n) is 14.3. The van der Waals surface area contributed by atoms with E-state index in [2.05, 4.69) is 22.1 Å². The van der Waals surface area contributed by atoms with Gasteiger partial charge in [-0.3, -0.25) is 4.98 Å². The summed E-state index contributed by atoms with van der Waals surface area (Å²) in [6.45, 7) is 2.89. The van der Waals surface area contributed by atoms with Crippen molar-refractivity contribution in [3.8, 4) is 5.88 Å². The van der Waals surface area contributed by atoms with E-state index >= 15 is 0 Å². The molecule has 2 heterocycles. The number of fused-ring (bicyclic) bond motifs is 1. The molecule has 24 heavy (non-hydrogen) atoms. The molecular weight excluding hydrogens is 300 g/mol. The quantitative estimate of drug-likeness (QED) is 0.863. The number of aromatic nitrogens is 2. The van der Waals surface area contributed by atoms with Crippen LogP contribution in [0.3, 0.4) is 0 Å². The van der Waals surface area contributed by atoms with Crippen molar-refractivity contribution < 1.29 is 9.84 Å². The third-order valence-corrected chi connectivity index (χ3v) is 4.86. The van der Waals surface area contributed by atoms with Gasteiger partial charge in [0.15, 0.2) is 0 Å². The van der Waals surface area contributed by atoms with Crippen LogP contribution in [0.2, 0.25) is 0 Å². The maximum absolute atomic E-state index is 9.06. The number of hydrogen-bond donors (Lipinski definition) is 1. The van der Waals surface area contributed by atoms with Gasteiger partial charge >= 0.3 is 0 Å². The first-order valence-electron chi connectivity index (χ1n) is 8.97. The summed E-state index contributed by atoms with van der Waals surface area (Å²) in [6, 6.07) is 5.85. The highest BCUT2D eigenvalue weighted by molar-refractivity contribution is 5.84. The number of rotatable bonds is 6. The van der Waals surface area contributed by atoms with Gasteiger partial charge in [-0.2, -0.15) is 0 Å². The number of aliphatic hydroxyl groups is 1. The van der Waals surface area contributed by atoms with E-state index in [1.54, 1.807) is 0 Å². The Morgan fingerprint density at radius 1 is 1.21 bits per heavy atom. The molecule has 1 saturated carbocycles. The molecule has 0 spiro atoms. The van der Waals surface area contributed by atoms with E-state index in [0.29, 0.717) is 30.9 Å². The topological polar surface area (TPSA) is 55.2 Å². The second kappa shape index (κ2) is 8.25. The summed E-state index contributed by atoms with van der Waals surface area (Å²) in [4.78, 5) is 8.99. The van der Waals surface area contributed by atoms with Crippen LogP contribution in [0.4, 0.5) is 0 Å². The molecule has 0 atom stereocenters. The van der Waals surface area contributed by atoms with E-state index in [0.717, 1.165) is 23.0 Å². The Kier molecular flexibility index (Phi) is 5.81. The highest BCUT2D eigenvalue weighted by Crippen LogP contribution is 2.32. The van der Waals surface area contributed by atoms with Crippen LogP contribution in [0.1, 0.15) is 44.6 Å². The van der Waals surface area contributed by atoms with Crippen LogP contribution < -0.4 is 4.74 Å². The van der Waals surface area contributed by atoms with Crippen molar-refractivity contribution in [3.63, 3.8) is 0 Å². The van der Waals surface area contributed by atoms with E-state index in [1.807, 2.05) is 31.3 Å². The Morgan fingerprint density at radius 2 is 2.04 bits per heavy atom. The summed E-state index contributed by atoms with van der Waals surface area (Å²) < 4.78 is 5.51. The maximum atomic E-state index is 9.06. The minimum absolute atomic E-state index is 0.321. The van der Waals surface area contributed by atoms with Crippen LogP contribution in [0.25, 0.3) is 17.1 Å². The number of allylic oxidation sites excluding steroid dienone is 1. The van der Waals surface area contributed by atoms with Gasteiger partial charge in [0.2, 0.25) is 5.88 Å². The lowest BCUT2D eigenvalue weighted by Crippen LogP contribution is -2.14. The van der Waals surface area contributed by atoms with Crippen molar-refractivity contribution in [1.29, 1.82) is 0 Å². The first-order valence-corrected chi connectivity index (χ1v) is 8.97. The molecule has 2 aromatic heterocycles. The molecule has 1 N–H and O–H groups in total. The molecule has 0 saturated heterocycles. The van der Waals surface area contributed by atoms with E-state index in [1.165, 1.54) is 25.7 Å². The Morgan fingerprint density at radius 3 is 2.79 bits per heavy atom. The Bertz CT molecular complexity index is 691. The predicted octanol–water partition coefficient (Wildman–Crippen LogP) is 4.23. The van der Waals surface area contributed by atoms with Crippen molar-refractivity contribution in [1.82, 2.24) is 9.97 Å². The van der Waals surface area contributed by atoms with Crippen molar-refractivity contribution in [2.75, 3.05) is 13.2 Å². The largest absolute Gasteiger partial charge is 0.478 e. The summed E-state index contributed by atoms with van der Waals surface area (Å²) in [5, 5.41) is 9.06. The van der Waals surface area contributed by atoms with Crippen molar-refractivity contribution in [3.05, 3.63) is 36.0 Å². The van der Waals surface area contributed by atoms with Crippen LogP contribution in [-0.4, -0.2) is 28.3 Å². The van der Waals surface area contributed by atoms with Crippen molar-refractivity contribution >= 4 is 17.1 Å². The molecular formula is C20H26N2O2. The van der Waals surface area contributed by atoms with Crippen LogP contribution in [-0.2, 0) is 0 Å². The van der Waals surface area contributed by atoms with Crippen LogP contribution in [0.15, 0.2) is 30.5 Å². The SMILES string of the molecule is CCOc1ccc2nccc(/C=C/[C@H]3CC[C@H](CCO)CC3)c2n1. The summed E-state index contributed by atoms with van der Waals surface area (Å²) in [5.74, 6) is 1.98. The van der Waals surface area contributed by atoms with E-state index in [-0.39, 0.29) is 0 Å². The normalized spacial score (nSPS) is 21.4. The maximum Gasteiger partial charge on any atom is 0.213 e. The fourth-order valence-electron chi connectivity index (χ4n) is 3.48. The van der Waals surface area contributed by atoms with E-state index in [9.17, 15) is 0 Å². The molecule has 0 bridgehead atoms. The Labute approximate surface area is 143 Å². The van der Waals surface area contributed by atoms with Gasteiger partial charge in [0.1, 0.15) is 0 Å². The summed E-state index contributed by atoms with van der Waals surface area (Å²) >= 11 is 0.